The average molecular weight is 338 g/mol. The summed E-state index contributed by atoms with van der Waals surface area (Å²) in [6.07, 6.45) is 4.48. The highest BCUT2D eigenvalue weighted by atomic mass is 16.1. The molecule has 0 bridgehead atoms. The van der Waals surface area contributed by atoms with Crippen molar-refractivity contribution in [2.75, 3.05) is 0 Å². The van der Waals surface area contributed by atoms with Crippen molar-refractivity contribution in [2.24, 2.45) is 0 Å². The SMILES string of the molecule is O=C1C=CC(=O)c2c1ccc1c3ccccc3n(Cc3ccccn3)c21. The molecule has 0 fully saturated rings. The fourth-order valence-electron chi connectivity index (χ4n) is 3.74. The molecule has 0 radical (unpaired) electrons. The zero-order chi connectivity index (χ0) is 17.7. The molecule has 1 aliphatic carbocycles. The maximum Gasteiger partial charge on any atom is 0.188 e. The van der Waals surface area contributed by atoms with E-state index in [0.29, 0.717) is 17.7 Å². The first kappa shape index (κ1) is 14.8. The van der Waals surface area contributed by atoms with Gasteiger partial charge in [0.2, 0.25) is 0 Å². The number of aromatic nitrogens is 2. The van der Waals surface area contributed by atoms with Gasteiger partial charge in [-0.15, -0.1) is 0 Å². The summed E-state index contributed by atoms with van der Waals surface area (Å²) in [7, 11) is 0. The second-order valence-corrected chi connectivity index (χ2v) is 6.37. The molecule has 4 nitrogen and oxygen atoms in total. The van der Waals surface area contributed by atoms with Crippen LogP contribution in [0.15, 0.2) is 72.9 Å². The highest BCUT2D eigenvalue weighted by molar-refractivity contribution is 6.28. The quantitative estimate of drug-likeness (QED) is 0.551. The standard InChI is InChI=1S/C22H14N2O2/c25-19-10-11-20(26)21-17(19)9-8-16-15-6-1-2-7-18(15)24(22(16)21)13-14-5-3-4-12-23-14/h1-12H,13H2. The zero-order valence-electron chi connectivity index (χ0n) is 13.8. The molecule has 2 aromatic heterocycles. The predicted octanol–water partition coefficient (Wildman–Crippen LogP) is 4.17. The number of allylic oxidation sites excluding steroid dienone is 2. The van der Waals surface area contributed by atoms with E-state index in [-0.39, 0.29) is 11.6 Å². The van der Waals surface area contributed by atoms with Crippen molar-refractivity contribution in [3.63, 3.8) is 0 Å². The van der Waals surface area contributed by atoms with E-state index in [0.717, 1.165) is 27.5 Å². The number of rotatable bonds is 2. The summed E-state index contributed by atoms with van der Waals surface area (Å²) < 4.78 is 2.09. The lowest BCUT2D eigenvalue weighted by Crippen LogP contribution is -2.14. The van der Waals surface area contributed by atoms with Gasteiger partial charge in [0, 0.05) is 28.0 Å². The smallest absolute Gasteiger partial charge is 0.188 e. The summed E-state index contributed by atoms with van der Waals surface area (Å²) in [5.74, 6) is -0.258. The second-order valence-electron chi connectivity index (χ2n) is 6.37. The molecule has 0 unspecified atom stereocenters. The molecule has 124 valence electrons. The van der Waals surface area contributed by atoms with E-state index in [1.807, 2.05) is 48.5 Å². The third-order valence-corrected chi connectivity index (χ3v) is 4.88. The van der Waals surface area contributed by atoms with Crippen LogP contribution in [0.1, 0.15) is 26.4 Å². The normalized spacial score (nSPS) is 13.5. The Morgan fingerprint density at radius 2 is 1.62 bits per heavy atom. The maximum absolute atomic E-state index is 12.7. The Balaban J connectivity index is 1.91. The van der Waals surface area contributed by atoms with Crippen LogP contribution < -0.4 is 0 Å². The Morgan fingerprint density at radius 1 is 0.808 bits per heavy atom. The summed E-state index contributed by atoms with van der Waals surface area (Å²) in [6.45, 7) is 0.534. The number of hydrogen-bond donors (Lipinski definition) is 0. The van der Waals surface area contributed by atoms with Gasteiger partial charge in [0.05, 0.1) is 23.3 Å². The molecule has 4 heteroatoms. The minimum absolute atomic E-state index is 0.129. The lowest BCUT2D eigenvalue weighted by Gasteiger charge is -2.14. The molecule has 1 aliphatic rings. The van der Waals surface area contributed by atoms with Crippen LogP contribution in [0.25, 0.3) is 21.8 Å². The predicted molar refractivity (Wildman–Crippen MR) is 101 cm³/mol. The number of carbonyl (C=O) groups excluding carboxylic acids is 2. The van der Waals surface area contributed by atoms with Gasteiger partial charge in [-0.2, -0.15) is 0 Å². The Labute approximate surface area is 149 Å². The fourth-order valence-corrected chi connectivity index (χ4v) is 3.74. The van der Waals surface area contributed by atoms with Gasteiger partial charge in [0.25, 0.3) is 0 Å². The monoisotopic (exact) mass is 338 g/mol. The summed E-state index contributed by atoms with van der Waals surface area (Å²) in [5.41, 5.74) is 3.68. The number of para-hydroxylation sites is 1. The van der Waals surface area contributed by atoms with E-state index in [9.17, 15) is 9.59 Å². The van der Waals surface area contributed by atoms with Crippen LogP contribution >= 0.6 is 0 Å². The van der Waals surface area contributed by atoms with Crippen molar-refractivity contribution in [3.8, 4) is 0 Å². The van der Waals surface area contributed by atoms with Crippen LogP contribution in [0.2, 0.25) is 0 Å². The van der Waals surface area contributed by atoms with Gasteiger partial charge < -0.3 is 4.57 Å². The number of fused-ring (bicyclic) bond motifs is 5. The molecular weight excluding hydrogens is 324 g/mol. The number of benzene rings is 2. The number of ketones is 2. The van der Waals surface area contributed by atoms with Crippen molar-refractivity contribution in [1.82, 2.24) is 9.55 Å². The highest BCUT2D eigenvalue weighted by Gasteiger charge is 2.25. The number of carbonyl (C=O) groups is 2. The van der Waals surface area contributed by atoms with Crippen LogP contribution in [-0.2, 0) is 6.54 Å². The second kappa shape index (κ2) is 5.49. The minimum atomic E-state index is -0.129. The van der Waals surface area contributed by atoms with E-state index in [1.54, 1.807) is 12.3 Å². The summed E-state index contributed by atoms with van der Waals surface area (Å²) in [5, 5.41) is 2.04. The van der Waals surface area contributed by atoms with E-state index in [1.165, 1.54) is 12.2 Å². The van der Waals surface area contributed by atoms with Crippen LogP contribution in [0.4, 0.5) is 0 Å². The van der Waals surface area contributed by atoms with Gasteiger partial charge in [-0.05, 0) is 36.4 Å². The highest BCUT2D eigenvalue weighted by Crippen LogP contribution is 2.35. The van der Waals surface area contributed by atoms with E-state index < -0.39 is 0 Å². The number of pyridine rings is 1. The Morgan fingerprint density at radius 3 is 2.46 bits per heavy atom. The Hall–Kier alpha value is -3.53. The van der Waals surface area contributed by atoms with Gasteiger partial charge >= 0.3 is 0 Å². The molecule has 26 heavy (non-hydrogen) atoms. The van der Waals surface area contributed by atoms with Crippen molar-refractivity contribution in [2.45, 2.75) is 6.54 Å². The van der Waals surface area contributed by atoms with Crippen LogP contribution in [0.5, 0.6) is 0 Å². The lowest BCUT2D eigenvalue weighted by atomic mass is 9.92. The molecule has 0 saturated carbocycles. The van der Waals surface area contributed by atoms with Gasteiger partial charge in [-0.1, -0.05) is 30.3 Å². The molecule has 0 amide bonds. The first-order chi connectivity index (χ1) is 12.7. The van der Waals surface area contributed by atoms with Gasteiger partial charge in [0.15, 0.2) is 11.6 Å². The van der Waals surface area contributed by atoms with Gasteiger partial charge in [-0.25, -0.2) is 0 Å². The van der Waals surface area contributed by atoms with Crippen molar-refractivity contribution < 1.29 is 9.59 Å². The average Bonchev–Trinajstić information content (AvgIpc) is 2.99. The molecule has 0 N–H and O–H groups in total. The van der Waals surface area contributed by atoms with Crippen LogP contribution in [-0.4, -0.2) is 21.1 Å². The molecule has 5 rings (SSSR count). The topological polar surface area (TPSA) is 52.0 Å². The first-order valence-electron chi connectivity index (χ1n) is 8.44. The molecule has 0 aliphatic heterocycles. The van der Waals surface area contributed by atoms with Crippen LogP contribution in [0, 0.1) is 0 Å². The molecule has 0 atom stereocenters. The van der Waals surface area contributed by atoms with Crippen molar-refractivity contribution >= 4 is 33.4 Å². The van der Waals surface area contributed by atoms with Crippen molar-refractivity contribution in [3.05, 3.63) is 89.8 Å². The van der Waals surface area contributed by atoms with E-state index >= 15 is 0 Å². The van der Waals surface area contributed by atoms with Gasteiger partial charge in [0.1, 0.15) is 0 Å². The van der Waals surface area contributed by atoms with E-state index in [2.05, 4.69) is 9.55 Å². The fraction of sp³-hybridized carbons (Fsp3) is 0.0455. The minimum Gasteiger partial charge on any atom is -0.334 e. The molecule has 2 aromatic carbocycles. The number of hydrogen-bond acceptors (Lipinski definition) is 3. The molecular formula is C22H14N2O2. The molecule has 2 heterocycles. The van der Waals surface area contributed by atoms with Crippen molar-refractivity contribution in [1.29, 1.82) is 0 Å². The lowest BCUT2D eigenvalue weighted by molar-refractivity contribution is 0.0995. The first-order valence-corrected chi connectivity index (χ1v) is 8.44. The summed E-state index contributed by atoms with van der Waals surface area (Å²) >= 11 is 0. The van der Waals surface area contributed by atoms with E-state index in [4.69, 9.17) is 0 Å². The zero-order valence-corrected chi connectivity index (χ0v) is 13.8. The molecule has 0 saturated heterocycles. The number of nitrogens with zero attached hydrogens (tertiary/aromatic N) is 2. The molecule has 4 aromatic rings. The summed E-state index contributed by atoms with van der Waals surface area (Å²) in [6, 6.07) is 17.5. The summed E-state index contributed by atoms with van der Waals surface area (Å²) in [4.78, 5) is 29.4. The maximum atomic E-state index is 12.7. The largest absolute Gasteiger partial charge is 0.334 e. The van der Waals surface area contributed by atoms with Crippen LogP contribution in [0.3, 0.4) is 0 Å². The van der Waals surface area contributed by atoms with Gasteiger partial charge in [-0.3, -0.25) is 14.6 Å². The third kappa shape index (κ3) is 2.05. The molecule has 0 spiro atoms. The Kier molecular flexibility index (Phi) is 3.12. The third-order valence-electron chi connectivity index (χ3n) is 4.88. The Bertz CT molecular complexity index is 1230.